The second kappa shape index (κ2) is 8.80. The molecule has 0 unspecified atom stereocenters. The molecule has 8 nitrogen and oxygen atoms in total. The number of esters is 1. The van der Waals surface area contributed by atoms with E-state index in [1.807, 2.05) is 6.92 Å². The number of fused-ring (bicyclic) bond motifs is 1. The number of amides is 1. The molecule has 1 aromatic heterocycles. The molecule has 0 spiro atoms. The Hall–Kier alpha value is -2.98. The Morgan fingerprint density at radius 3 is 2.43 bits per heavy atom. The summed E-state index contributed by atoms with van der Waals surface area (Å²) in [7, 11) is -2.14. The predicted octanol–water partition coefficient (Wildman–Crippen LogP) is 2.42. The highest BCUT2D eigenvalue weighted by Crippen LogP contribution is 2.22. The number of carbonyl (C=O) groups excluding carboxylic acids is 2. The Bertz CT molecular complexity index is 1270. The van der Waals surface area contributed by atoms with Crippen LogP contribution in [-0.4, -0.2) is 44.8 Å². The lowest BCUT2D eigenvalue weighted by molar-refractivity contribution is -0.141. The summed E-state index contributed by atoms with van der Waals surface area (Å²) in [5.41, 5.74) is 0.938. The summed E-state index contributed by atoms with van der Waals surface area (Å²) >= 11 is 1.12. The van der Waals surface area contributed by atoms with E-state index in [0.717, 1.165) is 17.6 Å². The van der Waals surface area contributed by atoms with E-state index in [1.165, 1.54) is 23.8 Å². The molecule has 0 bridgehead atoms. The fourth-order valence-electron chi connectivity index (χ4n) is 2.73. The second-order valence-corrected chi connectivity index (χ2v) is 9.35. The molecule has 0 radical (unpaired) electrons. The van der Waals surface area contributed by atoms with E-state index < -0.39 is 21.7 Å². The second-order valence-electron chi connectivity index (χ2n) is 6.32. The van der Waals surface area contributed by atoms with Crippen molar-refractivity contribution in [3.05, 3.63) is 52.8 Å². The summed E-state index contributed by atoms with van der Waals surface area (Å²) in [6.07, 6.45) is 1.12. The average Bonchev–Trinajstić information content (AvgIpc) is 3.04. The van der Waals surface area contributed by atoms with Gasteiger partial charge in [-0.25, -0.2) is 8.42 Å². The first kappa shape index (κ1) is 21.7. The normalized spacial score (nSPS) is 12.2. The van der Waals surface area contributed by atoms with Crippen molar-refractivity contribution in [1.82, 2.24) is 4.57 Å². The van der Waals surface area contributed by atoms with Crippen LogP contribution < -0.4 is 9.54 Å². The molecule has 0 saturated carbocycles. The molecule has 0 saturated heterocycles. The van der Waals surface area contributed by atoms with Gasteiger partial charge in [0, 0.05) is 11.8 Å². The summed E-state index contributed by atoms with van der Waals surface area (Å²) in [6, 6.07) is 11.1. The topological polar surface area (TPSA) is 104 Å². The van der Waals surface area contributed by atoms with Crippen LogP contribution >= 0.6 is 11.3 Å². The van der Waals surface area contributed by atoms with E-state index in [2.05, 4.69) is 4.99 Å². The molecule has 3 aromatic rings. The number of rotatable bonds is 6. The first-order chi connectivity index (χ1) is 14.2. The molecule has 0 fully saturated rings. The van der Waals surface area contributed by atoms with E-state index in [0.29, 0.717) is 28.1 Å². The molecule has 2 aromatic carbocycles. The summed E-state index contributed by atoms with van der Waals surface area (Å²) in [5.74, 6) is -0.367. The maximum absolute atomic E-state index is 12.7. The van der Waals surface area contributed by atoms with Crippen LogP contribution in [0.2, 0.25) is 0 Å². The van der Waals surface area contributed by atoms with Gasteiger partial charge in [0.05, 0.1) is 28.8 Å². The fraction of sp³-hybridized carbons (Fsp3) is 0.250. The largest absolute Gasteiger partial charge is 0.494 e. The molecule has 3 rings (SSSR count). The third kappa shape index (κ3) is 4.77. The summed E-state index contributed by atoms with van der Waals surface area (Å²) < 4.78 is 36.0. The number of hydrogen-bond donors (Lipinski definition) is 0. The highest BCUT2D eigenvalue weighted by atomic mass is 32.2. The van der Waals surface area contributed by atoms with E-state index in [4.69, 9.17) is 9.47 Å². The summed E-state index contributed by atoms with van der Waals surface area (Å²) in [5, 5.41) is 0. The number of methoxy groups -OCH3 is 1. The molecule has 0 aliphatic heterocycles. The quantitative estimate of drug-likeness (QED) is 0.537. The van der Waals surface area contributed by atoms with Gasteiger partial charge in [-0.05, 0) is 49.4 Å². The third-order valence-electron chi connectivity index (χ3n) is 4.21. The lowest BCUT2D eigenvalue weighted by Gasteiger charge is -2.05. The summed E-state index contributed by atoms with van der Waals surface area (Å²) in [4.78, 5) is 29.1. The predicted molar refractivity (Wildman–Crippen MR) is 112 cm³/mol. The van der Waals surface area contributed by atoms with Crippen LogP contribution in [0.4, 0.5) is 0 Å². The van der Waals surface area contributed by atoms with Crippen molar-refractivity contribution in [2.75, 3.05) is 20.0 Å². The van der Waals surface area contributed by atoms with Gasteiger partial charge in [-0.15, -0.1) is 0 Å². The van der Waals surface area contributed by atoms with E-state index >= 15 is 0 Å². The van der Waals surface area contributed by atoms with Gasteiger partial charge < -0.3 is 14.0 Å². The first-order valence-corrected chi connectivity index (χ1v) is 11.7. The lowest BCUT2D eigenvalue weighted by atomic mass is 10.2. The number of ether oxygens (including phenoxy) is 2. The van der Waals surface area contributed by atoms with Crippen molar-refractivity contribution in [3.8, 4) is 5.75 Å². The number of sulfone groups is 1. The smallest absolute Gasteiger partial charge is 0.325 e. The van der Waals surface area contributed by atoms with Crippen molar-refractivity contribution >= 4 is 43.3 Å². The molecule has 0 aliphatic rings. The number of carbonyl (C=O) groups is 2. The molecule has 0 N–H and O–H groups in total. The molecule has 158 valence electrons. The van der Waals surface area contributed by atoms with E-state index in [9.17, 15) is 18.0 Å². The van der Waals surface area contributed by atoms with Crippen molar-refractivity contribution in [3.63, 3.8) is 0 Å². The van der Waals surface area contributed by atoms with Gasteiger partial charge in [0.25, 0.3) is 5.91 Å². The number of thiazole rings is 1. The molecule has 0 aliphatic carbocycles. The van der Waals surface area contributed by atoms with Gasteiger partial charge in [-0.2, -0.15) is 4.99 Å². The maximum atomic E-state index is 12.7. The van der Waals surface area contributed by atoms with Crippen LogP contribution in [0.15, 0.2) is 52.4 Å². The molecule has 1 amide bonds. The molecular weight excluding hydrogens is 428 g/mol. The van der Waals surface area contributed by atoms with Gasteiger partial charge in [0.15, 0.2) is 14.6 Å². The summed E-state index contributed by atoms with van der Waals surface area (Å²) in [6.45, 7) is 2.22. The number of aromatic nitrogens is 1. The van der Waals surface area contributed by atoms with Gasteiger partial charge in [-0.1, -0.05) is 11.3 Å². The minimum Gasteiger partial charge on any atom is -0.494 e. The zero-order valence-corrected chi connectivity index (χ0v) is 18.2. The Labute approximate surface area is 177 Å². The zero-order valence-electron chi connectivity index (χ0n) is 16.6. The Balaban J connectivity index is 2.10. The van der Waals surface area contributed by atoms with Crippen LogP contribution in [0.3, 0.4) is 0 Å². The lowest BCUT2D eigenvalue weighted by Crippen LogP contribution is -2.22. The average molecular weight is 449 g/mol. The SMILES string of the molecule is CCOc1ccc(C(=O)N=c2sc3cc(S(C)(=O)=O)ccc3n2CC(=O)OC)cc1. The maximum Gasteiger partial charge on any atom is 0.325 e. The minimum absolute atomic E-state index is 0.144. The van der Waals surface area contributed by atoms with Crippen LogP contribution in [0, 0.1) is 0 Å². The number of benzene rings is 2. The number of nitrogens with zero attached hydrogens (tertiary/aromatic N) is 2. The Morgan fingerprint density at radius 2 is 1.83 bits per heavy atom. The molecule has 30 heavy (non-hydrogen) atoms. The minimum atomic E-state index is -3.40. The first-order valence-electron chi connectivity index (χ1n) is 8.95. The Morgan fingerprint density at radius 1 is 1.13 bits per heavy atom. The van der Waals surface area contributed by atoms with E-state index in [1.54, 1.807) is 30.3 Å². The fourth-order valence-corrected chi connectivity index (χ4v) is 4.52. The van der Waals surface area contributed by atoms with Crippen molar-refractivity contribution in [1.29, 1.82) is 0 Å². The highest BCUT2D eigenvalue weighted by Gasteiger charge is 2.15. The van der Waals surface area contributed by atoms with Gasteiger partial charge in [-0.3, -0.25) is 9.59 Å². The third-order valence-corrected chi connectivity index (χ3v) is 6.36. The standard InChI is InChI=1S/C20H20N2O6S2/c1-4-28-14-7-5-13(6-8-14)19(24)21-20-22(12-18(23)27-2)16-10-9-15(30(3,25)26)11-17(16)29-20/h5-11H,4,12H2,1-3H3. The van der Waals surface area contributed by atoms with Gasteiger partial charge >= 0.3 is 5.97 Å². The molecule has 0 atom stereocenters. The van der Waals surface area contributed by atoms with E-state index in [-0.39, 0.29) is 16.2 Å². The molecule has 1 heterocycles. The Kier molecular flexibility index (Phi) is 6.37. The van der Waals surface area contributed by atoms with Crippen LogP contribution in [0.5, 0.6) is 5.75 Å². The van der Waals surface area contributed by atoms with Gasteiger partial charge in [0.2, 0.25) is 0 Å². The van der Waals surface area contributed by atoms with Gasteiger partial charge in [0.1, 0.15) is 12.3 Å². The van der Waals surface area contributed by atoms with Crippen molar-refractivity contribution < 1.29 is 27.5 Å². The monoisotopic (exact) mass is 448 g/mol. The zero-order chi connectivity index (χ0) is 21.9. The van der Waals surface area contributed by atoms with Crippen LogP contribution in [0.1, 0.15) is 17.3 Å². The number of hydrogen-bond acceptors (Lipinski definition) is 7. The van der Waals surface area contributed by atoms with Crippen molar-refractivity contribution in [2.24, 2.45) is 4.99 Å². The van der Waals surface area contributed by atoms with Crippen LogP contribution in [0.25, 0.3) is 10.2 Å². The molecular formula is C20H20N2O6S2. The van der Waals surface area contributed by atoms with Crippen molar-refractivity contribution in [2.45, 2.75) is 18.4 Å². The highest BCUT2D eigenvalue weighted by molar-refractivity contribution is 7.90. The van der Waals surface area contributed by atoms with Crippen LogP contribution in [-0.2, 0) is 25.9 Å². The molecule has 10 heteroatoms.